The summed E-state index contributed by atoms with van der Waals surface area (Å²) in [7, 11) is -1.97. The number of sulfone groups is 1. The lowest BCUT2D eigenvalue weighted by Crippen LogP contribution is -2.35. The fourth-order valence-corrected chi connectivity index (χ4v) is 4.77. The predicted octanol–water partition coefficient (Wildman–Crippen LogP) is 3.16. The topological polar surface area (TPSA) is 131 Å². The van der Waals surface area contributed by atoms with Crippen LogP contribution in [0.1, 0.15) is 12.0 Å². The zero-order chi connectivity index (χ0) is 25.0. The Hall–Kier alpha value is -3.64. The van der Waals surface area contributed by atoms with Gasteiger partial charge in [-0.2, -0.15) is 10.0 Å². The van der Waals surface area contributed by atoms with Crippen molar-refractivity contribution in [3.8, 4) is 17.2 Å². The third kappa shape index (κ3) is 5.89. The lowest BCUT2D eigenvalue weighted by molar-refractivity contribution is -0.114. The molecule has 182 valence electrons. The van der Waals surface area contributed by atoms with Crippen molar-refractivity contribution >= 4 is 49.0 Å². The van der Waals surface area contributed by atoms with E-state index in [9.17, 15) is 13.2 Å². The van der Waals surface area contributed by atoms with Crippen molar-refractivity contribution in [3.05, 3.63) is 59.7 Å². The summed E-state index contributed by atoms with van der Waals surface area (Å²) < 4.78 is 39.9. The second-order valence-corrected chi connectivity index (χ2v) is 10.6. The number of carbonyl (C=O) groups excluding carboxylic acids is 1. The van der Waals surface area contributed by atoms with Crippen LogP contribution in [0.15, 0.2) is 64.2 Å². The number of hydrogen-bond acceptors (Lipinski definition) is 9. The normalized spacial score (nSPS) is 16.6. The minimum absolute atomic E-state index is 0.0104. The molecule has 1 N–H and O–H groups in total. The Bertz CT molecular complexity index is 1350. The largest absolute Gasteiger partial charge is 0.497 e. The molecule has 12 heteroatoms. The number of amidine groups is 2. The van der Waals surface area contributed by atoms with Crippen molar-refractivity contribution in [3.63, 3.8) is 0 Å². The van der Waals surface area contributed by atoms with Crippen molar-refractivity contribution in [1.82, 2.24) is 5.01 Å². The maximum atomic E-state index is 12.4. The van der Waals surface area contributed by atoms with E-state index in [1.54, 1.807) is 31.4 Å². The molecule has 0 aliphatic carbocycles. The molecule has 2 aliphatic rings. The molecule has 0 unspecified atom stereocenters. The fourth-order valence-electron chi connectivity index (χ4n) is 3.08. The van der Waals surface area contributed by atoms with E-state index in [2.05, 4.69) is 10.1 Å². The molecule has 0 atom stereocenters. The summed E-state index contributed by atoms with van der Waals surface area (Å²) in [6.07, 6.45) is 3.20. The lowest BCUT2D eigenvalue weighted by atomic mass is 10.1. The first-order valence-electron chi connectivity index (χ1n) is 10.4. The molecule has 2 heterocycles. The smallest absolute Gasteiger partial charge is 0.283 e. The highest BCUT2D eigenvalue weighted by atomic mass is 32.3. The number of aliphatic imine (C=N–C) groups is 1. The van der Waals surface area contributed by atoms with E-state index in [0.717, 1.165) is 34.5 Å². The van der Waals surface area contributed by atoms with Gasteiger partial charge in [0.1, 0.15) is 17.2 Å². The first-order valence-corrected chi connectivity index (χ1v) is 13.2. The van der Waals surface area contributed by atoms with Gasteiger partial charge in [-0.05, 0) is 47.7 Å². The van der Waals surface area contributed by atoms with Gasteiger partial charge in [-0.15, -0.1) is 5.10 Å². The van der Waals surface area contributed by atoms with Gasteiger partial charge in [0.15, 0.2) is 5.84 Å². The van der Waals surface area contributed by atoms with Crippen LogP contribution >= 0.6 is 11.8 Å². The van der Waals surface area contributed by atoms with Gasteiger partial charge in [0.25, 0.3) is 5.91 Å². The molecule has 0 spiro atoms. The van der Waals surface area contributed by atoms with E-state index in [-0.39, 0.29) is 21.0 Å². The Labute approximate surface area is 206 Å². The quantitative estimate of drug-likeness (QED) is 0.420. The zero-order valence-corrected chi connectivity index (χ0v) is 20.6. The van der Waals surface area contributed by atoms with Crippen molar-refractivity contribution in [2.45, 2.75) is 6.42 Å². The van der Waals surface area contributed by atoms with Crippen molar-refractivity contribution < 1.29 is 27.4 Å². The number of benzene rings is 2. The second-order valence-electron chi connectivity index (χ2n) is 7.46. The molecular formula is C23H22N4O6S2. The van der Waals surface area contributed by atoms with Crippen molar-refractivity contribution in [1.29, 1.82) is 5.41 Å². The maximum Gasteiger partial charge on any atom is 0.283 e. The number of nitrogens with one attached hydrogen (secondary N) is 1. The molecule has 4 rings (SSSR count). The van der Waals surface area contributed by atoms with Gasteiger partial charge in [-0.3, -0.25) is 10.2 Å². The summed E-state index contributed by atoms with van der Waals surface area (Å²) in [5.74, 6) is 1.25. The van der Waals surface area contributed by atoms with Crippen LogP contribution in [0, 0.1) is 5.41 Å². The highest BCUT2D eigenvalue weighted by Crippen LogP contribution is 2.30. The Kier molecular flexibility index (Phi) is 7.22. The monoisotopic (exact) mass is 514 g/mol. The van der Waals surface area contributed by atoms with Crippen LogP contribution < -0.4 is 14.2 Å². The number of fused-ring (bicyclic) bond motifs is 1. The van der Waals surface area contributed by atoms with Crippen LogP contribution in [0.5, 0.6) is 17.2 Å². The van der Waals surface area contributed by atoms with Gasteiger partial charge in [-0.1, -0.05) is 18.2 Å². The molecule has 2 aromatic rings. The molecule has 0 fully saturated rings. The molecule has 2 aliphatic heterocycles. The number of nitrogens with zero attached hydrogens (tertiary/aromatic N) is 3. The summed E-state index contributed by atoms with van der Waals surface area (Å²) >= 11 is 0.749. The van der Waals surface area contributed by atoms with Crippen LogP contribution in [-0.4, -0.2) is 61.3 Å². The summed E-state index contributed by atoms with van der Waals surface area (Å²) in [5.41, 5.74) is 0.667. The van der Waals surface area contributed by atoms with Crippen LogP contribution in [-0.2, 0) is 14.6 Å². The molecule has 2 aromatic carbocycles. The van der Waals surface area contributed by atoms with E-state index in [1.165, 1.54) is 6.08 Å². The van der Waals surface area contributed by atoms with Gasteiger partial charge in [-0.25, -0.2) is 8.42 Å². The van der Waals surface area contributed by atoms with E-state index < -0.39 is 15.7 Å². The van der Waals surface area contributed by atoms with E-state index in [0.29, 0.717) is 30.9 Å². The van der Waals surface area contributed by atoms with Gasteiger partial charge < -0.3 is 14.2 Å². The Morgan fingerprint density at radius 1 is 1.06 bits per heavy atom. The number of methoxy groups -OCH3 is 1. The summed E-state index contributed by atoms with van der Waals surface area (Å²) in [5, 5.41) is 13.3. The van der Waals surface area contributed by atoms with Crippen LogP contribution in [0.3, 0.4) is 0 Å². The van der Waals surface area contributed by atoms with Gasteiger partial charge in [0.05, 0.1) is 25.9 Å². The number of rotatable bonds is 8. The Balaban J connectivity index is 1.32. The third-order valence-electron chi connectivity index (χ3n) is 4.81. The maximum absolute atomic E-state index is 12.4. The number of carbonyl (C=O) groups is 1. The summed E-state index contributed by atoms with van der Waals surface area (Å²) in [6.45, 7) is 0.945. The molecule has 1 amide bonds. The molecular weight excluding hydrogens is 492 g/mol. The minimum atomic E-state index is -3.58. The van der Waals surface area contributed by atoms with E-state index >= 15 is 0 Å². The van der Waals surface area contributed by atoms with Crippen LogP contribution in [0.4, 0.5) is 0 Å². The molecule has 0 aromatic heterocycles. The molecule has 0 saturated carbocycles. The van der Waals surface area contributed by atoms with Gasteiger partial charge >= 0.3 is 0 Å². The standard InChI is InChI=1S/C23H22N4O6S2/c1-31-17-5-3-6-18(14-17)33-12-4-11-32-16-9-7-15(8-10-16)13-19-20(24)27-22(25-21(19)28)34-23(26-27)35(2,29)30/h3,5-10,13-14,24H,4,11-12H2,1-2H3/b19-13+,24-20?. The Morgan fingerprint density at radius 2 is 1.74 bits per heavy atom. The van der Waals surface area contributed by atoms with Crippen molar-refractivity contribution in [2.75, 3.05) is 26.6 Å². The molecule has 0 radical (unpaired) electrons. The van der Waals surface area contributed by atoms with E-state index in [4.69, 9.17) is 19.6 Å². The number of amides is 1. The summed E-state index contributed by atoms with van der Waals surface area (Å²) in [6, 6.07) is 14.4. The first kappa shape index (κ1) is 24.5. The van der Waals surface area contributed by atoms with Crippen LogP contribution in [0.2, 0.25) is 0 Å². The molecule has 35 heavy (non-hydrogen) atoms. The highest BCUT2D eigenvalue weighted by Gasteiger charge is 2.38. The predicted molar refractivity (Wildman–Crippen MR) is 135 cm³/mol. The lowest BCUT2D eigenvalue weighted by Gasteiger charge is -2.20. The number of ether oxygens (including phenoxy) is 3. The first-order chi connectivity index (χ1) is 16.7. The van der Waals surface area contributed by atoms with E-state index in [1.807, 2.05) is 24.3 Å². The van der Waals surface area contributed by atoms with Gasteiger partial charge in [0, 0.05) is 18.7 Å². The third-order valence-corrected chi connectivity index (χ3v) is 7.39. The zero-order valence-electron chi connectivity index (χ0n) is 18.9. The summed E-state index contributed by atoms with van der Waals surface area (Å²) in [4.78, 5) is 16.3. The highest BCUT2D eigenvalue weighted by molar-refractivity contribution is 8.42. The molecule has 10 nitrogen and oxygen atoms in total. The Morgan fingerprint density at radius 3 is 2.43 bits per heavy atom. The molecule has 0 saturated heterocycles. The molecule has 0 bridgehead atoms. The number of hydrogen-bond donors (Lipinski definition) is 1. The number of hydrazone groups is 1. The minimum Gasteiger partial charge on any atom is -0.497 e. The van der Waals surface area contributed by atoms with Gasteiger partial charge in [0.2, 0.25) is 19.4 Å². The average molecular weight is 515 g/mol. The van der Waals surface area contributed by atoms with Crippen molar-refractivity contribution in [2.24, 2.45) is 10.1 Å². The fraction of sp³-hybridized carbons (Fsp3) is 0.217. The second kappa shape index (κ2) is 10.3. The van der Waals surface area contributed by atoms with Crippen LogP contribution in [0.25, 0.3) is 6.08 Å². The number of thioether (sulfide) groups is 1. The SMILES string of the molecule is COc1cccc(OCCCOc2ccc(/C=C3\C(=N)N4N=C(S(C)(=O)=O)SC4=NC3=O)cc2)c1. The average Bonchev–Trinajstić information content (AvgIpc) is 3.27.